The van der Waals surface area contributed by atoms with Crippen LogP contribution in [0.25, 0.3) is 21.5 Å². The molecule has 0 bridgehead atoms. The Morgan fingerprint density at radius 3 is 2.57 bits per heavy atom. The second kappa shape index (κ2) is 10.3. The zero-order valence-electron chi connectivity index (χ0n) is 22.6. The highest BCUT2D eigenvalue weighted by Crippen LogP contribution is 2.47. The molecule has 0 spiro atoms. The SMILES string of the molecule is COC(=O)c1cc(F)c2nc(N3CC4CC(OCc5c(-c6ccccc6C(F)(F)F)noc5C5CC5)C[C@H]4C3)sc2c1. The summed E-state index contributed by atoms with van der Waals surface area (Å²) in [6, 6.07) is 8.19. The van der Waals surface area contributed by atoms with Crippen molar-refractivity contribution in [2.24, 2.45) is 11.8 Å². The number of carbonyl (C=O) groups is 1. The quantitative estimate of drug-likeness (QED) is 0.164. The predicted molar refractivity (Wildman–Crippen MR) is 147 cm³/mol. The van der Waals surface area contributed by atoms with E-state index in [4.69, 9.17) is 14.0 Å². The summed E-state index contributed by atoms with van der Waals surface area (Å²) in [5.41, 5.74) is 0.462. The van der Waals surface area contributed by atoms with Crippen molar-refractivity contribution in [2.45, 2.75) is 50.5 Å². The molecule has 0 N–H and O–H groups in total. The summed E-state index contributed by atoms with van der Waals surface area (Å²) < 4.78 is 73.2. The van der Waals surface area contributed by atoms with Gasteiger partial charge in [0.1, 0.15) is 17.0 Å². The molecule has 3 heterocycles. The number of thiazole rings is 1. The number of hydrogen-bond donors (Lipinski definition) is 0. The number of carbonyl (C=O) groups excluding carboxylic acids is 1. The van der Waals surface area contributed by atoms with Crippen molar-refractivity contribution in [1.82, 2.24) is 10.1 Å². The molecule has 3 fully saturated rings. The highest BCUT2D eigenvalue weighted by atomic mass is 32.1. The standard InChI is InChI=1S/C30H27F4N3O4S/c1-39-28(38)16-10-23(31)26-24(11-16)42-29(35-26)37-12-17-8-19(9-18(17)13-37)40-14-21-25(36-41-27(21)15-6-7-15)20-4-2-3-5-22(20)30(32,33)34/h2-5,10-11,15,17-19H,6-9,12-14H2,1H3/t17-,18?,19?/m0/s1. The number of ether oxygens (including phenoxy) is 2. The molecule has 12 heteroatoms. The van der Waals surface area contributed by atoms with Gasteiger partial charge in [-0.1, -0.05) is 34.7 Å². The number of anilines is 1. The Morgan fingerprint density at radius 1 is 1.14 bits per heavy atom. The van der Waals surface area contributed by atoms with Crippen LogP contribution in [-0.2, 0) is 22.3 Å². The molecule has 2 unspecified atom stereocenters. The van der Waals surface area contributed by atoms with E-state index in [2.05, 4.69) is 15.0 Å². The Balaban J connectivity index is 1.04. The molecule has 2 saturated carbocycles. The van der Waals surface area contributed by atoms with Gasteiger partial charge in [0.2, 0.25) is 0 Å². The maximum Gasteiger partial charge on any atom is 0.417 e. The fourth-order valence-corrected chi connectivity index (χ4v) is 7.40. The van der Waals surface area contributed by atoms with E-state index in [-0.39, 0.29) is 41.0 Å². The van der Waals surface area contributed by atoms with E-state index in [9.17, 15) is 22.4 Å². The number of alkyl halides is 3. The average molecular weight is 602 g/mol. The van der Waals surface area contributed by atoms with Crippen molar-refractivity contribution in [1.29, 1.82) is 0 Å². The molecule has 2 aliphatic carbocycles. The fourth-order valence-electron chi connectivity index (χ4n) is 6.36. The second-order valence-electron chi connectivity index (χ2n) is 11.3. The van der Waals surface area contributed by atoms with Gasteiger partial charge in [-0.25, -0.2) is 14.2 Å². The molecule has 4 aromatic rings. The van der Waals surface area contributed by atoms with Gasteiger partial charge >= 0.3 is 12.1 Å². The maximum absolute atomic E-state index is 14.7. The average Bonchev–Trinajstić information content (AvgIpc) is 3.27. The molecule has 3 aliphatic rings. The summed E-state index contributed by atoms with van der Waals surface area (Å²) in [6.45, 7) is 1.64. The van der Waals surface area contributed by atoms with E-state index in [1.165, 1.54) is 30.6 Å². The number of methoxy groups -OCH3 is 1. The Hall–Kier alpha value is -3.51. The first-order valence-corrected chi connectivity index (χ1v) is 14.7. The summed E-state index contributed by atoms with van der Waals surface area (Å²) in [4.78, 5) is 18.6. The molecule has 7 nitrogen and oxygen atoms in total. The van der Waals surface area contributed by atoms with Crippen LogP contribution in [0.2, 0.25) is 0 Å². The predicted octanol–water partition coefficient (Wildman–Crippen LogP) is 7.20. The van der Waals surface area contributed by atoms with E-state index < -0.39 is 23.5 Å². The molecule has 7 rings (SSSR count). The zero-order chi connectivity index (χ0) is 29.2. The van der Waals surface area contributed by atoms with E-state index in [1.807, 2.05) is 0 Å². The topological polar surface area (TPSA) is 77.7 Å². The third-order valence-corrected chi connectivity index (χ3v) is 9.62. The van der Waals surface area contributed by atoms with Crippen LogP contribution in [0, 0.1) is 17.7 Å². The lowest BCUT2D eigenvalue weighted by molar-refractivity contribution is -0.137. The van der Waals surface area contributed by atoms with Crippen molar-refractivity contribution in [3.63, 3.8) is 0 Å². The molecule has 220 valence electrons. The summed E-state index contributed by atoms with van der Waals surface area (Å²) >= 11 is 1.35. The first-order valence-electron chi connectivity index (χ1n) is 13.9. The summed E-state index contributed by atoms with van der Waals surface area (Å²) in [7, 11) is 1.26. The van der Waals surface area contributed by atoms with Crippen LogP contribution in [0.1, 0.15) is 58.8 Å². The minimum atomic E-state index is -4.51. The highest BCUT2D eigenvalue weighted by Gasteiger charge is 2.43. The van der Waals surface area contributed by atoms with Gasteiger partial charge in [-0.15, -0.1) is 0 Å². The first-order chi connectivity index (χ1) is 20.2. The molecular weight excluding hydrogens is 574 g/mol. The van der Waals surface area contributed by atoms with Gasteiger partial charge in [0.25, 0.3) is 0 Å². The smallest absolute Gasteiger partial charge is 0.417 e. The highest BCUT2D eigenvalue weighted by molar-refractivity contribution is 7.22. The monoisotopic (exact) mass is 601 g/mol. The number of halogens is 4. The lowest BCUT2D eigenvalue weighted by Gasteiger charge is -2.19. The molecule has 1 aliphatic heterocycles. The maximum atomic E-state index is 14.7. The zero-order valence-corrected chi connectivity index (χ0v) is 23.4. The number of hydrogen-bond acceptors (Lipinski definition) is 8. The number of nitrogens with zero attached hydrogens (tertiary/aromatic N) is 3. The van der Waals surface area contributed by atoms with Crippen LogP contribution < -0.4 is 4.90 Å². The van der Waals surface area contributed by atoms with Crippen LogP contribution in [0.5, 0.6) is 0 Å². The minimum absolute atomic E-state index is 0.00385. The summed E-state index contributed by atoms with van der Waals surface area (Å²) in [5, 5.41) is 4.80. The minimum Gasteiger partial charge on any atom is -0.465 e. The third kappa shape index (κ3) is 4.94. The van der Waals surface area contributed by atoms with Crippen molar-refractivity contribution in [3.8, 4) is 11.3 Å². The van der Waals surface area contributed by atoms with Crippen LogP contribution in [0.3, 0.4) is 0 Å². The van der Waals surface area contributed by atoms with Crippen molar-refractivity contribution in [2.75, 3.05) is 25.1 Å². The van der Waals surface area contributed by atoms with Crippen molar-refractivity contribution >= 4 is 32.7 Å². The Kier molecular flexibility index (Phi) is 6.73. The van der Waals surface area contributed by atoms with Crippen LogP contribution >= 0.6 is 11.3 Å². The Bertz CT molecular complexity index is 1650. The lowest BCUT2D eigenvalue weighted by atomic mass is 9.99. The Labute approximate surface area is 242 Å². The van der Waals surface area contributed by atoms with Crippen LogP contribution in [0.15, 0.2) is 40.9 Å². The molecule has 2 aromatic heterocycles. The summed E-state index contributed by atoms with van der Waals surface area (Å²) in [6.07, 6.45) is -1.08. The number of fused-ring (bicyclic) bond motifs is 2. The van der Waals surface area contributed by atoms with Gasteiger partial charge in [0.15, 0.2) is 10.9 Å². The molecule has 0 radical (unpaired) electrons. The lowest BCUT2D eigenvalue weighted by Crippen LogP contribution is -2.23. The van der Waals surface area contributed by atoms with Gasteiger partial charge in [0, 0.05) is 30.1 Å². The number of aromatic nitrogens is 2. The van der Waals surface area contributed by atoms with E-state index in [0.29, 0.717) is 33.0 Å². The van der Waals surface area contributed by atoms with Crippen LogP contribution in [0.4, 0.5) is 22.7 Å². The molecule has 42 heavy (non-hydrogen) atoms. The molecule has 1 saturated heterocycles. The molecule has 0 amide bonds. The number of rotatable bonds is 7. The first kappa shape index (κ1) is 27.3. The number of esters is 1. The van der Waals surface area contributed by atoms with Gasteiger partial charge < -0.3 is 18.9 Å². The third-order valence-electron chi connectivity index (χ3n) is 8.55. The van der Waals surface area contributed by atoms with Crippen LogP contribution in [-0.4, -0.2) is 42.4 Å². The van der Waals surface area contributed by atoms with Gasteiger partial charge in [-0.3, -0.25) is 0 Å². The fraction of sp³-hybridized carbons (Fsp3) is 0.433. The van der Waals surface area contributed by atoms with E-state index in [1.54, 1.807) is 12.1 Å². The largest absolute Gasteiger partial charge is 0.465 e. The summed E-state index contributed by atoms with van der Waals surface area (Å²) in [5.74, 6) is 0.354. The molecule has 3 atom stereocenters. The van der Waals surface area contributed by atoms with Gasteiger partial charge in [0.05, 0.1) is 35.6 Å². The van der Waals surface area contributed by atoms with E-state index in [0.717, 1.165) is 50.9 Å². The van der Waals surface area contributed by atoms with E-state index >= 15 is 0 Å². The van der Waals surface area contributed by atoms with Crippen molar-refractivity contribution < 1.29 is 36.4 Å². The van der Waals surface area contributed by atoms with Crippen molar-refractivity contribution in [3.05, 3.63) is 64.7 Å². The van der Waals surface area contributed by atoms with Gasteiger partial charge in [-0.2, -0.15) is 13.2 Å². The Morgan fingerprint density at radius 2 is 1.88 bits per heavy atom. The molecular formula is C30H27F4N3O4S. The number of benzene rings is 2. The second-order valence-corrected chi connectivity index (χ2v) is 12.3. The molecule has 2 aromatic carbocycles. The normalized spacial score (nSPS) is 22.2. The van der Waals surface area contributed by atoms with Gasteiger partial charge in [-0.05, 0) is 55.7 Å².